The van der Waals surface area contributed by atoms with Gasteiger partial charge < -0.3 is 10.3 Å². The van der Waals surface area contributed by atoms with Crippen LogP contribution in [-0.2, 0) is 10.0 Å². The molecular weight excluding hydrogens is 472 g/mol. The Balaban J connectivity index is 1.40. The highest BCUT2D eigenvalue weighted by Crippen LogP contribution is 2.27. The lowest BCUT2D eigenvalue weighted by Gasteiger charge is -2.26. The first-order valence-electron chi connectivity index (χ1n) is 11.1. The smallest absolute Gasteiger partial charge is 0.257 e. The van der Waals surface area contributed by atoms with Crippen molar-refractivity contribution < 1.29 is 13.2 Å². The van der Waals surface area contributed by atoms with Crippen LogP contribution in [-0.4, -0.2) is 41.7 Å². The number of hydrogen-bond acceptors (Lipinski definition) is 4. The van der Waals surface area contributed by atoms with Crippen LogP contribution in [0.25, 0.3) is 22.4 Å². The topological polar surface area (TPSA) is 95.2 Å². The number of anilines is 1. The maximum Gasteiger partial charge on any atom is 0.257 e. The van der Waals surface area contributed by atoms with Crippen molar-refractivity contribution in [3.05, 3.63) is 77.3 Å². The van der Waals surface area contributed by atoms with Gasteiger partial charge >= 0.3 is 0 Å². The number of imidazole rings is 1. The first-order chi connectivity index (χ1) is 16.4. The van der Waals surface area contributed by atoms with Gasteiger partial charge in [-0.2, -0.15) is 4.31 Å². The molecule has 1 aromatic heterocycles. The fourth-order valence-electron chi connectivity index (χ4n) is 4.13. The van der Waals surface area contributed by atoms with Gasteiger partial charge in [-0.15, -0.1) is 0 Å². The van der Waals surface area contributed by atoms with E-state index in [9.17, 15) is 13.2 Å². The van der Waals surface area contributed by atoms with E-state index < -0.39 is 15.9 Å². The van der Waals surface area contributed by atoms with Gasteiger partial charge in [-0.3, -0.25) is 4.79 Å². The number of nitrogens with zero attached hydrogens (tertiary/aromatic N) is 2. The van der Waals surface area contributed by atoms with Gasteiger partial charge in [0, 0.05) is 24.3 Å². The van der Waals surface area contributed by atoms with E-state index in [2.05, 4.69) is 15.3 Å². The average molecular weight is 495 g/mol. The van der Waals surface area contributed by atoms with Gasteiger partial charge in [-0.1, -0.05) is 42.3 Å². The van der Waals surface area contributed by atoms with Crippen molar-refractivity contribution in [3.63, 3.8) is 0 Å². The zero-order chi connectivity index (χ0) is 23.7. The molecule has 2 N–H and O–H groups in total. The molecule has 2 heterocycles. The van der Waals surface area contributed by atoms with Gasteiger partial charge in [-0.05, 0) is 55.3 Å². The summed E-state index contributed by atoms with van der Waals surface area (Å²) in [5, 5.41) is 3.01. The standard InChI is InChI=1S/C25H23ClN4O3S/c26-21-12-11-19(34(32,33)30-13-4-1-5-14-30)16-20(21)25(31)27-18-8-6-7-17(15-18)24-28-22-9-2-3-10-23(22)29-24/h2-3,6-12,15-16H,1,4-5,13-14H2,(H,27,31)(H,28,29). The van der Waals surface area contributed by atoms with Crippen LogP contribution < -0.4 is 5.32 Å². The Morgan fingerprint density at radius 3 is 2.56 bits per heavy atom. The Labute approximate surface area is 202 Å². The number of amides is 1. The summed E-state index contributed by atoms with van der Waals surface area (Å²) in [6.45, 7) is 0.974. The van der Waals surface area contributed by atoms with Crippen LogP contribution in [0, 0.1) is 0 Å². The summed E-state index contributed by atoms with van der Waals surface area (Å²) in [6.07, 6.45) is 2.69. The molecule has 1 fully saturated rings. The van der Waals surface area contributed by atoms with Crippen LogP contribution in [0.2, 0.25) is 5.02 Å². The molecule has 1 saturated heterocycles. The molecule has 0 bridgehead atoms. The number of carbonyl (C=O) groups excluding carboxylic acids is 1. The van der Waals surface area contributed by atoms with Crippen molar-refractivity contribution in [2.24, 2.45) is 0 Å². The van der Waals surface area contributed by atoms with Gasteiger partial charge in [0.2, 0.25) is 10.0 Å². The van der Waals surface area contributed by atoms with E-state index in [0.717, 1.165) is 35.9 Å². The molecule has 9 heteroatoms. The van der Waals surface area contributed by atoms with E-state index in [-0.39, 0.29) is 15.5 Å². The summed E-state index contributed by atoms with van der Waals surface area (Å²) in [4.78, 5) is 21.0. The number of benzene rings is 3. The highest BCUT2D eigenvalue weighted by atomic mass is 35.5. The van der Waals surface area contributed by atoms with Crippen molar-refractivity contribution in [1.29, 1.82) is 0 Å². The molecule has 0 unspecified atom stereocenters. The number of rotatable bonds is 5. The molecule has 7 nitrogen and oxygen atoms in total. The molecule has 1 amide bonds. The Kier molecular flexibility index (Phi) is 6.12. The zero-order valence-electron chi connectivity index (χ0n) is 18.3. The largest absolute Gasteiger partial charge is 0.338 e. The number of sulfonamides is 1. The minimum Gasteiger partial charge on any atom is -0.338 e. The second kappa shape index (κ2) is 9.21. The van der Waals surface area contributed by atoms with Gasteiger partial charge in [0.15, 0.2) is 0 Å². The second-order valence-electron chi connectivity index (χ2n) is 8.24. The lowest BCUT2D eigenvalue weighted by atomic mass is 10.1. The van der Waals surface area contributed by atoms with E-state index >= 15 is 0 Å². The van der Waals surface area contributed by atoms with Crippen LogP contribution in [0.3, 0.4) is 0 Å². The van der Waals surface area contributed by atoms with Gasteiger partial charge in [0.1, 0.15) is 5.82 Å². The number of carbonyl (C=O) groups is 1. The highest BCUT2D eigenvalue weighted by molar-refractivity contribution is 7.89. The number of H-pyrrole nitrogens is 1. The second-order valence-corrected chi connectivity index (χ2v) is 10.6. The van der Waals surface area contributed by atoms with E-state index in [1.54, 1.807) is 12.1 Å². The minimum atomic E-state index is -3.68. The predicted molar refractivity (Wildman–Crippen MR) is 134 cm³/mol. The number of fused-ring (bicyclic) bond motifs is 1. The SMILES string of the molecule is O=C(Nc1cccc(-c2nc3ccccc3[nH]2)c1)c1cc(S(=O)(=O)N2CCCCC2)ccc1Cl. The maximum absolute atomic E-state index is 13.1. The van der Waals surface area contributed by atoms with E-state index in [4.69, 9.17) is 11.6 Å². The molecule has 0 radical (unpaired) electrons. The summed E-state index contributed by atoms with van der Waals surface area (Å²) in [6, 6.07) is 19.3. The van der Waals surface area contributed by atoms with Crippen LogP contribution in [0.4, 0.5) is 5.69 Å². The molecule has 174 valence electrons. The third-order valence-corrected chi connectivity index (χ3v) is 8.14. The van der Waals surface area contributed by atoms with E-state index in [1.807, 2.05) is 36.4 Å². The summed E-state index contributed by atoms with van der Waals surface area (Å²) in [5.74, 6) is 0.201. The van der Waals surface area contributed by atoms with Crippen molar-refractivity contribution >= 4 is 44.3 Å². The van der Waals surface area contributed by atoms with E-state index in [0.29, 0.717) is 24.6 Å². The number of hydrogen-bond donors (Lipinski definition) is 2. The minimum absolute atomic E-state index is 0.0694. The van der Waals surface area contributed by atoms with Crippen molar-refractivity contribution in [2.45, 2.75) is 24.2 Å². The first-order valence-corrected chi connectivity index (χ1v) is 12.9. The Bertz CT molecular complexity index is 1440. The molecule has 34 heavy (non-hydrogen) atoms. The highest BCUT2D eigenvalue weighted by Gasteiger charge is 2.27. The third kappa shape index (κ3) is 4.44. The molecule has 1 aliphatic heterocycles. The molecule has 4 aromatic rings. The van der Waals surface area contributed by atoms with Crippen molar-refractivity contribution in [2.75, 3.05) is 18.4 Å². The fraction of sp³-hybridized carbons (Fsp3) is 0.200. The molecule has 0 spiro atoms. The van der Waals surface area contributed by atoms with Crippen LogP contribution in [0.1, 0.15) is 29.6 Å². The maximum atomic E-state index is 13.1. The number of para-hydroxylation sites is 2. The number of piperidine rings is 1. The van der Waals surface area contributed by atoms with Crippen LogP contribution >= 0.6 is 11.6 Å². The van der Waals surface area contributed by atoms with Gasteiger partial charge in [0.05, 0.1) is 26.5 Å². The quantitative estimate of drug-likeness (QED) is 0.393. The van der Waals surface area contributed by atoms with Crippen molar-refractivity contribution in [3.8, 4) is 11.4 Å². The lowest BCUT2D eigenvalue weighted by molar-refractivity contribution is 0.102. The van der Waals surface area contributed by atoms with Crippen LogP contribution in [0.5, 0.6) is 0 Å². The number of aromatic amines is 1. The molecule has 0 saturated carbocycles. The third-order valence-electron chi connectivity index (χ3n) is 5.92. The fourth-order valence-corrected chi connectivity index (χ4v) is 5.87. The predicted octanol–water partition coefficient (Wildman–Crippen LogP) is 5.31. The zero-order valence-corrected chi connectivity index (χ0v) is 19.9. The van der Waals surface area contributed by atoms with Gasteiger partial charge in [0.25, 0.3) is 5.91 Å². The van der Waals surface area contributed by atoms with Crippen LogP contribution in [0.15, 0.2) is 71.6 Å². The first kappa shape index (κ1) is 22.6. The van der Waals surface area contributed by atoms with Gasteiger partial charge in [-0.25, -0.2) is 13.4 Å². The monoisotopic (exact) mass is 494 g/mol. The lowest BCUT2D eigenvalue weighted by Crippen LogP contribution is -2.35. The summed E-state index contributed by atoms with van der Waals surface area (Å²) in [7, 11) is -3.68. The summed E-state index contributed by atoms with van der Waals surface area (Å²) in [5.41, 5.74) is 3.23. The number of aromatic nitrogens is 2. The number of nitrogens with one attached hydrogen (secondary N) is 2. The summed E-state index contributed by atoms with van der Waals surface area (Å²) < 4.78 is 27.6. The molecular formula is C25H23ClN4O3S. The molecule has 5 rings (SSSR count). The molecule has 0 aliphatic carbocycles. The normalized spacial score (nSPS) is 14.9. The molecule has 0 atom stereocenters. The Hall–Kier alpha value is -3.20. The average Bonchev–Trinajstić information content (AvgIpc) is 3.29. The number of halogens is 1. The van der Waals surface area contributed by atoms with E-state index in [1.165, 1.54) is 22.5 Å². The summed E-state index contributed by atoms with van der Waals surface area (Å²) >= 11 is 6.28. The van der Waals surface area contributed by atoms with Crippen molar-refractivity contribution in [1.82, 2.24) is 14.3 Å². The Morgan fingerprint density at radius 1 is 0.971 bits per heavy atom. The molecule has 3 aromatic carbocycles. The Morgan fingerprint density at radius 2 is 1.76 bits per heavy atom. The molecule has 1 aliphatic rings.